The Morgan fingerprint density at radius 2 is 1.95 bits per heavy atom. The molecule has 0 fully saturated rings. The molecule has 0 amide bonds. The second kappa shape index (κ2) is 7.36. The van der Waals surface area contributed by atoms with Gasteiger partial charge in [-0.25, -0.2) is 4.98 Å². The highest BCUT2D eigenvalue weighted by Gasteiger charge is 2.06. The van der Waals surface area contributed by atoms with Gasteiger partial charge in [-0.15, -0.1) is 0 Å². The van der Waals surface area contributed by atoms with Crippen LogP contribution in [-0.4, -0.2) is 34.5 Å². The molecule has 0 bridgehead atoms. The first kappa shape index (κ1) is 15.7. The quantitative estimate of drug-likeness (QED) is 0.797. The molecule has 0 radical (unpaired) electrons. The normalized spacial score (nSPS) is 11.4. The van der Waals surface area contributed by atoms with Crippen LogP contribution in [-0.2, 0) is 6.42 Å². The van der Waals surface area contributed by atoms with Crippen molar-refractivity contribution in [2.45, 2.75) is 40.0 Å². The lowest BCUT2D eigenvalue weighted by molar-refractivity contribution is 0.296. The van der Waals surface area contributed by atoms with Crippen molar-refractivity contribution in [1.82, 2.24) is 14.9 Å². The topological polar surface area (TPSA) is 49.0 Å². The summed E-state index contributed by atoms with van der Waals surface area (Å²) in [5, 5.41) is 0.682. The highest BCUT2D eigenvalue weighted by atomic mass is 16.1. The number of hydrogen-bond acceptors (Lipinski definition) is 3. The lowest BCUT2D eigenvalue weighted by Gasteiger charge is -2.17. The Morgan fingerprint density at radius 3 is 2.67 bits per heavy atom. The summed E-state index contributed by atoms with van der Waals surface area (Å²) in [4.78, 5) is 22.0. The number of fused-ring (bicyclic) bond motifs is 1. The fourth-order valence-electron chi connectivity index (χ4n) is 2.64. The van der Waals surface area contributed by atoms with E-state index in [4.69, 9.17) is 0 Å². The van der Waals surface area contributed by atoms with Crippen LogP contribution in [0.25, 0.3) is 10.9 Å². The third kappa shape index (κ3) is 3.91. The van der Waals surface area contributed by atoms with Crippen molar-refractivity contribution < 1.29 is 0 Å². The first-order valence-corrected chi connectivity index (χ1v) is 7.86. The van der Waals surface area contributed by atoms with Gasteiger partial charge < -0.3 is 9.88 Å². The largest absolute Gasteiger partial charge is 0.310 e. The molecule has 0 spiro atoms. The Bertz CT molecular complexity index is 644. The molecular weight excluding hydrogens is 262 g/mol. The van der Waals surface area contributed by atoms with Gasteiger partial charge in [0.1, 0.15) is 5.82 Å². The van der Waals surface area contributed by atoms with Crippen LogP contribution in [0.5, 0.6) is 0 Å². The van der Waals surface area contributed by atoms with Crippen molar-refractivity contribution in [3.63, 3.8) is 0 Å². The monoisotopic (exact) mass is 287 g/mol. The predicted molar refractivity (Wildman–Crippen MR) is 87.8 cm³/mol. The number of aryl methyl sites for hydroxylation is 2. The van der Waals surface area contributed by atoms with Gasteiger partial charge in [0.05, 0.1) is 10.9 Å². The van der Waals surface area contributed by atoms with E-state index in [2.05, 4.69) is 28.7 Å². The number of aromatic amines is 1. The van der Waals surface area contributed by atoms with Crippen molar-refractivity contribution in [2.75, 3.05) is 19.6 Å². The fraction of sp³-hybridized carbons (Fsp3) is 0.529. The number of unbranched alkanes of at least 4 members (excludes halogenated alkanes) is 1. The molecule has 2 aromatic rings. The maximum atomic E-state index is 12.1. The second-order valence-corrected chi connectivity index (χ2v) is 5.47. The van der Waals surface area contributed by atoms with Crippen molar-refractivity contribution in [3.8, 4) is 0 Å². The van der Waals surface area contributed by atoms with E-state index in [9.17, 15) is 4.79 Å². The number of benzene rings is 1. The molecular formula is C17H25N3O. The molecule has 1 N–H and O–H groups in total. The maximum absolute atomic E-state index is 12.1. The van der Waals surface area contributed by atoms with Crippen molar-refractivity contribution in [1.29, 1.82) is 0 Å². The van der Waals surface area contributed by atoms with Crippen LogP contribution >= 0.6 is 0 Å². The van der Waals surface area contributed by atoms with Gasteiger partial charge in [-0.05, 0) is 51.0 Å². The van der Waals surface area contributed by atoms with Crippen LogP contribution < -0.4 is 5.56 Å². The minimum atomic E-state index is -0.0255. The molecule has 114 valence electrons. The zero-order valence-electron chi connectivity index (χ0n) is 13.3. The number of H-pyrrole nitrogens is 1. The minimum Gasteiger partial charge on any atom is -0.310 e. The zero-order chi connectivity index (χ0) is 15.2. The zero-order valence-corrected chi connectivity index (χ0v) is 13.3. The number of rotatable bonds is 7. The first-order valence-electron chi connectivity index (χ1n) is 7.86. The minimum absolute atomic E-state index is 0.0255. The average molecular weight is 287 g/mol. The van der Waals surface area contributed by atoms with Crippen LogP contribution in [0.15, 0.2) is 23.0 Å². The molecule has 0 aliphatic rings. The van der Waals surface area contributed by atoms with E-state index in [1.54, 1.807) is 0 Å². The number of para-hydroxylation sites is 1. The Kier molecular flexibility index (Phi) is 5.51. The number of nitrogens with one attached hydrogen (secondary N) is 1. The average Bonchev–Trinajstić information content (AvgIpc) is 2.49. The smallest absolute Gasteiger partial charge is 0.258 e. The van der Waals surface area contributed by atoms with Crippen LogP contribution in [0.1, 0.15) is 38.1 Å². The second-order valence-electron chi connectivity index (χ2n) is 5.47. The van der Waals surface area contributed by atoms with Gasteiger partial charge in [0.15, 0.2) is 0 Å². The molecule has 1 aromatic heterocycles. The highest BCUT2D eigenvalue weighted by molar-refractivity contribution is 5.80. The predicted octanol–water partition coefficient (Wildman–Crippen LogP) is 2.90. The third-order valence-corrected chi connectivity index (χ3v) is 4.02. The molecule has 0 saturated heterocycles. The molecule has 0 aliphatic carbocycles. The Balaban J connectivity index is 2.03. The number of hydrogen-bond donors (Lipinski definition) is 1. The standard InChI is InChI=1S/C17H25N3O/c1-4-20(5-2)12-7-6-11-15-18-16-13(3)9-8-10-14(16)17(21)19-15/h8-10H,4-7,11-12H2,1-3H3,(H,18,19,21). The van der Waals surface area contributed by atoms with E-state index in [1.807, 2.05) is 25.1 Å². The number of aromatic nitrogens is 2. The molecule has 4 heteroatoms. The molecule has 1 heterocycles. The molecule has 0 aliphatic heterocycles. The molecule has 0 atom stereocenters. The van der Waals surface area contributed by atoms with Gasteiger partial charge in [-0.1, -0.05) is 26.0 Å². The van der Waals surface area contributed by atoms with Crippen molar-refractivity contribution in [3.05, 3.63) is 39.9 Å². The van der Waals surface area contributed by atoms with Crippen molar-refractivity contribution in [2.24, 2.45) is 0 Å². The SMILES string of the molecule is CCN(CC)CCCCc1nc2c(C)cccc2c(=O)[nH]1. The van der Waals surface area contributed by atoms with E-state index >= 15 is 0 Å². The third-order valence-electron chi connectivity index (χ3n) is 4.02. The Hall–Kier alpha value is -1.68. The van der Waals surface area contributed by atoms with E-state index in [1.165, 1.54) is 0 Å². The molecule has 0 saturated carbocycles. The summed E-state index contributed by atoms with van der Waals surface area (Å²) in [6.45, 7) is 9.69. The summed E-state index contributed by atoms with van der Waals surface area (Å²) in [6, 6.07) is 5.73. The summed E-state index contributed by atoms with van der Waals surface area (Å²) in [7, 11) is 0. The van der Waals surface area contributed by atoms with Crippen molar-refractivity contribution >= 4 is 10.9 Å². The van der Waals surface area contributed by atoms with E-state index in [0.717, 1.165) is 55.8 Å². The lowest BCUT2D eigenvalue weighted by atomic mass is 10.1. The van der Waals surface area contributed by atoms with E-state index in [-0.39, 0.29) is 5.56 Å². The molecule has 0 unspecified atom stereocenters. The summed E-state index contributed by atoms with van der Waals surface area (Å²) >= 11 is 0. The summed E-state index contributed by atoms with van der Waals surface area (Å²) in [5.74, 6) is 0.807. The molecule has 1 aromatic carbocycles. The van der Waals surface area contributed by atoms with Gasteiger partial charge in [-0.3, -0.25) is 4.79 Å². The fourth-order valence-corrected chi connectivity index (χ4v) is 2.64. The van der Waals surface area contributed by atoms with Crippen LogP contribution in [0, 0.1) is 6.92 Å². The van der Waals surface area contributed by atoms with Crippen LogP contribution in [0.3, 0.4) is 0 Å². The molecule has 4 nitrogen and oxygen atoms in total. The van der Waals surface area contributed by atoms with Gasteiger partial charge >= 0.3 is 0 Å². The van der Waals surface area contributed by atoms with Crippen LogP contribution in [0.4, 0.5) is 0 Å². The maximum Gasteiger partial charge on any atom is 0.258 e. The Morgan fingerprint density at radius 1 is 1.19 bits per heavy atom. The van der Waals surface area contributed by atoms with Gasteiger partial charge in [-0.2, -0.15) is 0 Å². The highest BCUT2D eigenvalue weighted by Crippen LogP contribution is 2.12. The summed E-state index contributed by atoms with van der Waals surface area (Å²) in [6.07, 6.45) is 3.02. The van der Waals surface area contributed by atoms with Gasteiger partial charge in [0, 0.05) is 6.42 Å². The molecule has 2 rings (SSSR count). The van der Waals surface area contributed by atoms with Gasteiger partial charge in [0.2, 0.25) is 0 Å². The lowest BCUT2D eigenvalue weighted by Crippen LogP contribution is -2.24. The first-order chi connectivity index (χ1) is 10.2. The summed E-state index contributed by atoms with van der Waals surface area (Å²) in [5.41, 5.74) is 1.87. The van der Waals surface area contributed by atoms with E-state index < -0.39 is 0 Å². The van der Waals surface area contributed by atoms with E-state index in [0.29, 0.717) is 5.39 Å². The van der Waals surface area contributed by atoms with Gasteiger partial charge in [0.25, 0.3) is 5.56 Å². The molecule has 21 heavy (non-hydrogen) atoms. The Labute approximate surface area is 126 Å². The summed E-state index contributed by atoms with van der Waals surface area (Å²) < 4.78 is 0. The number of nitrogens with zero attached hydrogens (tertiary/aromatic N) is 2. The van der Waals surface area contributed by atoms with Crippen LogP contribution in [0.2, 0.25) is 0 Å².